The smallest absolute Gasteiger partial charge is 0.253 e. The molecule has 0 bridgehead atoms. The summed E-state index contributed by atoms with van der Waals surface area (Å²) < 4.78 is 11.3. The maximum atomic E-state index is 12.9. The van der Waals surface area contributed by atoms with Crippen LogP contribution in [0, 0.1) is 0 Å². The third-order valence-electron chi connectivity index (χ3n) is 4.77. The van der Waals surface area contributed by atoms with Gasteiger partial charge < -0.3 is 20.1 Å². The van der Waals surface area contributed by atoms with Crippen LogP contribution in [0.3, 0.4) is 0 Å². The van der Waals surface area contributed by atoms with Crippen LogP contribution in [-0.2, 0) is 11.2 Å². The Labute approximate surface area is 173 Å². The number of hydrogen-bond donors (Lipinski definition) is 1. The van der Waals surface area contributed by atoms with Crippen LogP contribution < -0.4 is 10.5 Å². The topological polar surface area (TPSA) is 64.8 Å². The summed E-state index contributed by atoms with van der Waals surface area (Å²) in [6, 6.07) is 17.6. The zero-order valence-electron chi connectivity index (χ0n) is 16.1. The first kappa shape index (κ1) is 22.2. The molecule has 0 radical (unpaired) electrons. The van der Waals surface area contributed by atoms with E-state index in [0.717, 1.165) is 38.2 Å². The van der Waals surface area contributed by atoms with Crippen molar-refractivity contribution in [1.82, 2.24) is 4.90 Å². The van der Waals surface area contributed by atoms with E-state index in [2.05, 4.69) is 12.1 Å². The molecule has 0 atom stereocenters. The number of nitrogens with zero attached hydrogens (tertiary/aromatic N) is 1. The van der Waals surface area contributed by atoms with Crippen LogP contribution in [0.25, 0.3) is 0 Å². The molecule has 1 fully saturated rings. The molecule has 1 aliphatic heterocycles. The SMILES string of the molecule is Cl.NCCN(CCc1ccccc1)C(=O)c1ccc(OC2CCOCC2)cc1. The molecule has 1 saturated heterocycles. The zero-order chi connectivity index (χ0) is 18.9. The Morgan fingerprint density at radius 1 is 1.04 bits per heavy atom. The van der Waals surface area contributed by atoms with Crippen molar-refractivity contribution in [1.29, 1.82) is 0 Å². The normalized spacial score (nSPS) is 14.2. The minimum Gasteiger partial charge on any atom is -0.490 e. The summed E-state index contributed by atoms with van der Waals surface area (Å²) >= 11 is 0. The standard InChI is InChI=1S/C22H28N2O3.ClH/c23-13-15-24(14-10-18-4-2-1-3-5-18)22(25)19-6-8-20(9-7-19)27-21-11-16-26-17-12-21;/h1-9,21H,10-17,23H2;1H. The van der Waals surface area contributed by atoms with Gasteiger partial charge in [0.15, 0.2) is 0 Å². The molecule has 0 saturated carbocycles. The van der Waals surface area contributed by atoms with Crippen LogP contribution in [0.5, 0.6) is 5.75 Å². The molecular formula is C22H29ClN2O3. The van der Waals surface area contributed by atoms with Crippen LogP contribution >= 0.6 is 12.4 Å². The first-order valence-electron chi connectivity index (χ1n) is 9.64. The molecule has 2 aromatic rings. The van der Waals surface area contributed by atoms with E-state index in [9.17, 15) is 4.79 Å². The van der Waals surface area contributed by atoms with E-state index in [4.69, 9.17) is 15.2 Å². The van der Waals surface area contributed by atoms with Crippen molar-refractivity contribution in [3.8, 4) is 5.75 Å². The van der Waals surface area contributed by atoms with Gasteiger partial charge in [-0.1, -0.05) is 30.3 Å². The Morgan fingerprint density at radius 2 is 1.71 bits per heavy atom. The number of benzene rings is 2. The molecule has 0 aliphatic carbocycles. The van der Waals surface area contributed by atoms with E-state index in [1.807, 2.05) is 47.4 Å². The molecule has 0 aromatic heterocycles. The fourth-order valence-electron chi connectivity index (χ4n) is 3.22. The fourth-order valence-corrected chi connectivity index (χ4v) is 3.22. The maximum absolute atomic E-state index is 12.9. The summed E-state index contributed by atoms with van der Waals surface area (Å²) in [5.41, 5.74) is 7.60. The van der Waals surface area contributed by atoms with Crippen LogP contribution in [0.4, 0.5) is 0 Å². The van der Waals surface area contributed by atoms with E-state index >= 15 is 0 Å². The molecule has 5 nitrogen and oxygen atoms in total. The van der Waals surface area contributed by atoms with E-state index in [0.29, 0.717) is 25.2 Å². The Hall–Kier alpha value is -2.08. The van der Waals surface area contributed by atoms with E-state index in [1.54, 1.807) is 0 Å². The minimum absolute atomic E-state index is 0. The molecule has 3 rings (SSSR count). The molecule has 152 valence electrons. The van der Waals surface area contributed by atoms with Crippen molar-refractivity contribution in [2.24, 2.45) is 5.73 Å². The van der Waals surface area contributed by atoms with Crippen LogP contribution in [-0.4, -0.2) is 49.8 Å². The summed E-state index contributed by atoms with van der Waals surface area (Å²) in [5.74, 6) is 0.808. The largest absolute Gasteiger partial charge is 0.490 e. The van der Waals surface area contributed by atoms with Gasteiger partial charge in [0.25, 0.3) is 5.91 Å². The Bertz CT molecular complexity index is 703. The molecule has 1 aliphatic rings. The molecule has 1 amide bonds. The fraction of sp³-hybridized carbons (Fsp3) is 0.409. The van der Waals surface area contributed by atoms with Crippen molar-refractivity contribution in [3.63, 3.8) is 0 Å². The molecule has 6 heteroatoms. The maximum Gasteiger partial charge on any atom is 0.253 e. The third-order valence-corrected chi connectivity index (χ3v) is 4.77. The summed E-state index contributed by atoms with van der Waals surface area (Å²) in [7, 11) is 0. The number of hydrogen-bond acceptors (Lipinski definition) is 4. The Kier molecular flexibility index (Phi) is 9.28. The second kappa shape index (κ2) is 11.7. The van der Waals surface area contributed by atoms with Gasteiger partial charge in [-0.3, -0.25) is 4.79 Å². The predicted octanol–water partition coefficient (Wildman–Crippen LogP) is 3.31. The monoisotopic (exact) mass is 404 g/mol. The Morgan fingerprint density at radius 3 is 2.36 bits per heavy atom. The lowest BCUT2D eigenvalue weighted by Crippen LogP contribution is -2.36. The van der Waals surface area contributed by atoms with Gasteiger partial charge in [0.1, 0.15) is 11.9 Å². The van der Waals surface area contributed by atoms with Crippen molar-refractivity contribution in [3.05, 3.63) is 65.7 Å². The molecular weight excluding hydrogens is 376 g/mol. The number of ether oxygens (including phenoxy) is 2. The predicted molar refractivity (Wildman–Crippen MR) is 113 cm³/mol. The Balaban J connectivity index is 0.00000280. The minimum atomic E-state index is 0. The lowest BCUT2D eigenvalue weighted by Gasteiger charge is -2.24. The van der Waals surface area contributed by atoms with E-state index < -0.39 is 0 Å². The van der Waals surface area contributed by atoms with Crippen LogP contribution in [0.1, 0.15) is 28.8 Å². The average Bonchev–Trinajstić information content (AvgIpc) is 2.73. The second-order valence-corrected chi connectivity index (χ2v) is 6.77. The van der Waals surface area contributed by atoms with Crippen molar-refractivity contribution in [2.75, 3.05) is 32.8 Å². The first-order chi connectivity index (χ1) is 13.3. The van der Waals surface area contributed by atoms with Crippen LogP contribution in [0.15, 0.2) is 54.6 Å². The molecule has 28 heavy (non-hydrogen) atoms. The lowest BCUT2D eigenvalue weighted by molar-refractivity contribution is 0.0256. The number of nitrogens with two attached hydrogens (primary N) is 1. The zero-order valence-corrected chi connectivity index (χ0v) is 16.9. The lowest BCUT2D eigenvalue weighted by atomic mass is 10.1. The summed E-state index contributed by atoms with van der Waals surface area (Å²) in [4.78, 5) is 14.7. The summed E-state index contributed by atoms with van der Waals surface area (Å²) in [6.45, 7) is 3.14. The van der Waals surface area contributed by atoms with Crippen molar-refractivity contribution < 1.29 is 14.3 Å². The average molecular weight is 405 g/mol. The summed E-state index contributed by atoms with van der Waals surface area (Å²) in [6.07, 6.45) is 2.83. The second-order valence-electron chi connectivity index (χ2n) is 6.77. The molecule has 1 heterocycles. The molecule has 2 aromatic carbocycles. The highest BCUT2D eigenvalue weighted by Gasteiger charge is 2.17. The van der Waals surface area contributed by atoms with Crippen molar-refractivity contribution in [2.45, 2.75) is 25.4 Å². The highest BCUT2D eigenvalue weighted by Crippen LogP contribution is 2.19. The van der Waals surface area contributed by atoms with Gasteiger partial charge in [-0.2, -0.15) is 0 Å². The van der Waals surface area contributed by atoms with Gasteiger partial charge in [0, 0.05) is 38.0 Å². The number of amides is 1. The number of carbonyl (C=O) groups excluding carboxylic acids is 1. The van der Waals surface area contributed by atoms with Gasteiger partial charge >= 0.3 is 0 Å². The molecule has 0 unspecified atom stereocenters. The number of rotatable bonds is 8. The van der Waals surface area contributed by atoms with E-state index in [1.165, 1.54) is 5.56 Å². The summed E-state index contributed by atoms with van der Waals surface area (Å²) in [5, 5.41) is 0. The molecule has 0 spiro atoms. The van der Waals surface area contributed by atoms with Crippen LogP contribution in [0.2, 0.25) is 0 Å². The van der Waals surface area contributed by atoms with Gasteiger partial charge in [0.05, 0.1) is 13.2 Å². The highest BCUT2D eigenvalue weighted by molar-refractivity contribution is 5.94. The quantitative estimate of drug-likeness (QED) is 0.733. The third kappa shape index (κ3) is 6.51. The molecule has 2 N–H and O–H groups in total. The van der Waals surface area contributed by atoms with Gasteiger partial charge in [-0.25, -0.2) is 0 Å². The van der Waals surface area contributed by atoms with Crippen molar-refractivity contribution >= 4 is 18.3 Å². The van der Waals surface area contributed by atoms with Gasteiger partial charge in [0.2, 0.25) is 0 Å². The van der Waals surface area contributed by atoms with E-state index in [-0.39, 0.29) is 24.4 Å². The highest BCUT2D eigenvalue weighted by atomic mass is 35.5. The van der Waals surface area contributed by atoms with Gasteiger partial charge in [-0.15, -0.1) is 12.4 Å². The van der Waals surface area contributed by atoms with Gasteiger partial charge in [-0.05, 0) is 36.2 Å². The number of carbonyl (C=O) groups is 1. The number of halogens is 1. The first-order valence-corrected chi connectivity index (χ1v) is 9.64.